The van der Waals surface area contributed by atoms with E-state index in [4.69, 9.17) is 11.6 Å². The van der Waals surface area contributed by atoms with Crippen LogP contribution in [-0.4, -0.2) is 38.7 Å². The first-order chi connectivity index (χ1) is 11.3. The van der Waals surface area contributed by atoms with Crippen molar-refractivity contribution in [2.24, 2.45) is 5.92 Å². The Morgan fingerprint density at radius 2 is 2.21 bits per heavy atom. The molecule has 1 aromatic carbocycles. The van der Waals surface area contributed by atoms with Crippen LogP contribution in [0, 0.1) is 5.92 Å². The van der Waals surface area contributed by atoms with Crippen molar-refractivity contribution in [3.63, 3.8) is 0 Å². The second kappa shape index (κ2) is 8.03. The number of nitrogens with zero attached hydrogens (tertiary/aromatic N) is 1. The number of amides is 2. The van der Waals surface area contributed by atoms with Crippen LogP contribution in [0.1, 0.15) is 31.4 Å². The summed E-state index contributed by atoms with van der Waals surface area (Å²) in [5.41, 5.74) is 1.02. The fraction of sp³-hybridized carbons (Fsp3) is 0.471. The number of benzene rings is 1. The summed E-state index contributed by atoms with van der Waals surface area (Å²) in [6.45, 7) is 3.03. The van der Waals surface area contributed by atoms with E-state index in [-0.39, 0.29) is 18.6 Å². The second-order valence-electron chi connectivity index (χ2n) is 6.28. The number of sulfone groups is 1. The Morgan fingerprint density at radius 3 is 2.88 bits per heavy atom. The number of carbonyl (C=O) groups excluding carboxylic acids is 1. The van der Waals surface area contributed by atoms with E-state index in [2.05, 4.69) is 12.2 Å². The minimum absolute atomic E-state index is 0.0219. The van der Waals surface area contributed by atoms with Gasteiger partial charge in [0.05, 0.1) is 6.04 Å². The number of likely N-dealkylation sites (tertiary alicyclic amines) is 1. The van der Waals surface area contributed by atoms with E-state index in [0.717, 1.165) is 30.1 Å². The quantitative estimate of drug-likeness (QED) is 0.883. The first-order valence-electron chi connectivity index (χ1n) is 7.93. The monoisotopic (exact) mass is 370 g/mol. The second-order valence-corrected chi connectivity index (χ2v) is 8.65. The van der Waals surface area contributed by atoms with Gasteiger partial charge < -0.3 is 10.2 Å². The molecule has 1 aliphatic rings. The molecule has 0 aliphatic carbocycles. The van der Waals surface area contributed by atoms with Gasteiger partial charge in [0.1, 0.15) is 0 Å². The van der Waals surface area contributed by atoms with E-state index in [1.807, 2.05) is 24.3 Å². The molecule has 0 spiro atoms. The van der Waals surface area contributed by atoms with Crippen LogP contribution in [0.5, 0.6) is 0 Å². The fourth-order valence-corrected chi connectivity index (χ4v) is 3.53. The smallest absolute Gasteiger partial charge is 0.318 e. The highest BCUT2D eigenvalue weighted by molar-refractivity contribution is 7.93. The zero-order chi connectivity index (χ0) is 17.7. The standard InChI is InChI=1S/C17H23ClN2O3S/c1-13-7-9-20(17(21)19-8-4-10-24(2,22)23)16(11-13)14-5-3-6-15(18)12-14/h3-6,10,12-13,16H,7-9,11H2,1-2H3,(H,19,21)/b10-4+/t13-,16+/m1/s1. The highest BCUT2D eigenvalue weighted by atomic mass is 35.5. The summed E-state index contributed by atoms with van der Waals surface area (Å²) in [6, 6.07) is 7.38. The number of rotatable bonds is 4. The maximum atomic E-state index is 12.5. The van der Waals surface area contributed by atoms with Crippen molar-refractivity contribution in [1.29, 1.82) is 0 Å². The van der Waals surface area contributed by atoms with E-state index in [0.29, 0.717) is 17.5 Å². The van der Waals surface area contributed by atoms with Crippen molar-refractivity contribution in [2.45, 2.75) is 25.8 Å². The maximum absolute atomic E-state index is 12.5. The van der Waals surface area contributed by atoms with Gasteiger partial charge in [-0.3, -0.25) is 0 Å². The summed E-state index contributed by atoms with van der Waals surface area (Å²) >= 11 is 6.09. The molecule has 132 valence electrons. The lowest BCUT2D eigenvalue weighted by Crippen LogP contribution is -2.46. The zero-order valence-corrected chi connectivity index (χ0v) is 15.5. The Morgan fingerprint density at radius 1 is 1.46 bits per heavy atom. The third-order valence-electron chi connectivity index (χ3n) is 4.07. The molecule has 2 amide bonds. The lowest BCUT2D eigenvalue weighted by Gasteiger charge is -2.38. The van der Waals surface area contributed by atoms with Gasteiger partial charge in [-0.05, 0) is 36.5 Å². The molecule has 1 aliphatic heterocycles. The van der Waals surface area contributed by atoms with Gasteiger partial charge in [-0.25, -0.2) is 13.2 Å². The van der Waals surface area contributed by atoms with Gasteiger partial charge >= 0.3 is 6.03 Å². The van der Waals surface area contributed by atoms with Crippen molar-refractivity contribution in [3.05, 3.63) is 46.3 Å². The molecule has 2 atom stereocenters. The predicted molar refractivity (Wildman–Crippen MR) is 96.7 cm³/mol. The van der Waals surface area contributed by atoms with E-state index in [9.17, 15) is 13.2 Å². The van der Waals surface area contributed by atoms with Gasteiger partial charge in [-0.15, -0.1) is 0 Å². The minimum Gasteiger partial charge on any atom is -0.334 e. The van der Waals surface area contributed by atoms with Gasteiger partial charge in [0.15, 0.2) is 9.84 Å². The normalized spacial score (nSPS) is 21.9. The summed E-state index contributed by atoms with van der Waals surface area (Å²) in [5.74, 6) is 0.531. The third kappa shape index (κ3) is 5.53. The van der Waals surface area contributed by atoms with Crippen molar-refractivity contribution in [1.82, 2.24) is 10.2 Å². The fourth-order valence-electron chi connectivity index (χ4n) is 2.89. The summed E-state index contributed by atoms with van der Waals surface area (Å²) in [4.78, 5) is 14.3. The van der Waals surface area contributed by atoms with Crippen LogP contribution in [0.25, 0.3) is 0 Å². The van der Waals surface area contributed by atoms with Crippen LogP contribution in [-0.2, 0) is 9.84 Å². The summed E-state index contributed by atoms with van der Waals surface area (Å²) < 4.78 is 22.1. The summed E-state index contributed by atoms with van der Waals surface area (Å²) in [5, 5.41) is 4.51. The predicted octanol–water partition coefficient (Wildman–Crippen LogP) is 3.38. The molecule has 1 N–H and O–H groups in total. The Bertz CT molecular complexity index is 718. The van der Waals surface area contributed by atoms with Crippen LogP contribution >= 0.6 is 11.6 Å². The van der Waals surface area contributed by atoms with Crippen molar-refractivity contribution < 1.29 is 13.2 Å². The summed E-state index contributed by atoms with van der Waals surface area (Å²) in [7, 11) is -3.17. The number of carbonyl (C=O) groups is 1. The van der Waals surface area contributed by atoms with Gasteiger partial charge in [-0.1, -0.05) is 36.7 Å². The lowest BCUT2D eigenvalue weighted by atomic mass is 9.88. The van der Waals surface area contributed by atoms with E-state index in [1.165, 1.54) is 6.08 Å². The molecule has 5 nitrogen and oxygen atoms in total. The highest BCUT2D eigenvalue weighted by Crippen LogP contribution is 2.34. The number of nitrogens with one attached hydrogen (secondary N) is 1. The number of piperidine rings is 1. The molecule has 0 unspecified atom stereocenters. The Balaban J connectivity index is 2.08. The molecule has 0 saturated carbocycles. The average molecular weight is 371 g/mol. The zero-order valence-electron chi connectivity index (χ0n) is 13.9. The molecule has 1 saturated heterocycles. The van der Waals surface area contributed by atoms with E-state index in [1.54, 1.807) is 4.90 Å². The van der Waals surface area contributed by atoms with Crippen LogP contribution in [0.4, 0.5) is 4.79 Å². The largest absolute Gasteiger partial charge is 0.334 e. The van der Waals surface area contributed by atoms with E-state index >= 15 is 0 Å². The highest BCUT2D eigenvalue weighted by Gasteiger charge is 2.30. The molecular formula is C17H23ClN2O3S. The molecule has 1 fully saturated rings. The van der Waals surface area contributed by atoms with Crippen molar-refractivity contribution in [3.8, 4) is 0 Å². The molecule has 1 aromatic rings. The van der Waals surface area contributed by atoms with Gasteiger partial charge in [0.2, 0.25) is 0 Å². The molecule has 0 bridgehead atoms. The maximum Gasteiger partial charge on any atom is 0.318 e. The molecule has 24 heavy (non-hydrogen) atoms. The summed E-state index contributed by atoms with van der Waals surface area (Å²) in [6.07, 6.45) is 4.39. The van der Waals surface area contributed by atoms with Gasteiger partial charge in [0.25, 0.3) is 0 Å². The number of halogens is 1. The minimum atomic E-state index is -3.17. The van der Waals surface area contributed by atoms with Crippen molar-refractivity contribution in [2.75, 3.05) is 19.3 Å². The number of urea groups is 1. The first kappa shape index (κ1) is 18.8. The SMILES string of the molecule is C[C@@H]1CCN(C(=O)NC/C=C/S(C)(=O)=O)[C@H](c2cccc(Cl)c2)C1. The molecular weight excluding hydrogens is 348 g/mol. The Hall–Kier alpha value is -1.53. The van der Waals surface area contributed by atoms with Crippen LogP contribution < -0.4 is 5.32 Å². The van der Waals surface area contributed by atoms with Crippen LogP contribution in [0.2, 0.25) is 5.02 Å². The Kier molecular flexibility index (Phi) is 6.29. The van der Waals surface area contributed by atoms with Crippen molar-refractivity contribution >= 4 is 27.5 Å². The lowest BCUT2D eigenvalue weighted by molar-refractivity contribution is 0.132. The third-order valence-corrected chi connectivity index (χ3v) is 5.00. The average Bonchev–Trinajstić information content (AvgIpc) is 2.50. The molecule has 1 heterocycles. The van der Waals surface area contributed by atoms with Gasteiger partial charge in [-0.2, -0.15) is 0 Å². The molecule has 0 aromatic heterocycles. The van der Waals surface area contributed by atoms with Gasteiger partial charge in [0, 0.05) is 29.8 Å². The van der Waals surface area contributed by atoms with Crippen LogP contribution in [0.3, 0.4) is 0 Å². The number of hydrogen-bond acceptors (Lipinski definition) is 3. The van der Waals surface area contributed by atoms with E-state index < -0.39 is 9.84 Å². The molecule has 2 rings (SSSR count). The Labute approximate surface area is 148 Å². The first-order valence-corrected chi connectivity index (χ1v) is 10.3. The molecule has 7 heteroatoms. The van der Waals surface area contributed by atoms with Crippen LogP contribution in [0.15, 0.2) is 35.7 Å². The topological polar surface area (TPSA) is 66.5 Å². The molecule has 0 radical (unpaired) electrons. The number of hydrogen-bond donors (Lipinski definition) is 1.